The van der Waals surface area contributed by atoms with Crippen LogP contribution in [0.2, 0.25) is 0 Å². The number of Topliss-reactive ketones (excluding diaryl/α,β-unsaturated/α-hetero) is 1. The smallest absolute Gasteiger partial charge is 0.165 e. The molecule has 0 heterocycles. The first-order chi connectivity index (χ1) is 7.96. The first-order valence-corrected chi connectivity index (χ1v) is 6.29. The van der Waals surface area contributed by atoms with Crippen molar-refractivity contribution < 1.29 is 9.53 Å². The lowest BCUT2D eigenvalue weighted by molar-refractivity contribution is 0.0855. The van der Waals surface area contributed by atoms with Gasteiger partial charge in [-0.1, -0.05) is 6.42 Å². The molecule has 1 fully saturated rings. The highest BCUT2D eigenvalue weighted by Crippen LogP contribution is 2.30. The van der Waals surface area contributed by atoms with E-state index < -0.39 is 0 Å². The zero-order valence-corrected chi connectivity index (χ0v) is 10.8. The first-order valence-electron chi connectivity index (χ1n) is 6.29. The zero-order chi connectivity index (χ0) is 12.5. The summed E-state index contributed by atoms with van der Waals surface area (Å²) in [6, 6.07) is 7.53. The average Bonchev–Trinajstić information content (AvgIpc) is 2.13. The Morgan fingerprint density at radius 2 is 1.76 bits per heavy atom. The van der Waals surface area contributed by atoms with E-state index in [1.807, 2.05) is 45.0 Å². The molecule has 0 radical (unpaired) electrons. The fourth-order valence-electron chi connectivity index (χ4n) is 1.95. The Labute approximate surface area is 103 Å². The molecule has 1 aromatic carbocycles. The molecule has 92 valence electrons. The van der Waals surface area contributed by atoms with Gasteiger partial charge in [-0.25, -0.2) is 0 Å². The lowest BCUT2D eigenvalue weighted by atomic mass is 9.80. The van der Waals surface area contributed by atoms with E-state index in [0.717, 1.165) is 24.2 Å². The number of hydrogen-bond acceptors (Lipinski definition) is 2. The molecule has 0 atom stereocenters. The predicted octanol–water partition coefficient (Wildman–Crippen LogP) is 3.85. The summed E-state index contributed by atoms with van der Waals surface area (Å²) >= 11 is 0. The van der Waals surface area contributed by atoms with Gasteiger partial charge in [0.05, 0.1) is 0 Å². The molecule has 17 heavy (non-hydrogen) atoms. The van der Waals surface area contributed by atoms with E-state index in [-0.39, 0.29) is 11.5 Å². The molecule has 1 saturated carbocycles. The minimum atomic E-state index is -0.195. The molecule has 0 saturated heterocycles. The number of ether oxygens (including phenoxy) is 1. The average molecular weight is 232 g/mol. The third-order valence-corrected chi connectivity index (χ3v) is 3.04. The zero-order valence-electron chi connectivity index (χ0n) is 10.8. The molecule has 0 spiro atoms. The van der Waals surface area contributed by atoms with Crippen LogP contribution in [0.5, 0.6) is 5.75 Å². The van der Waals surface area contributed by atoms with E-state index >= 15 is 0 Å². The van der Waals surface area contributed by atoms with Crippen molar-refractivity contribution in [3.8, 4) is 5.75 Å². The van der Waals surface area contributed by atoms with Crippen LogP contribution in [0.1, 0.15) is 50.4 Å². The summed E-state index contributed by atoms with van der Waals surface area (Å²) in [6.45, 7) is 6.04. The second-order valence-corrected chi connectivity index (χ2v) is 5.73. The molecule has 1 aromatic rings. The van der Waals surface area contributed by atoms with Crippen LogP contribution >= 0.6 is 0 Å². The van der Waals surface area contributed by atoms with Crippen LogP contribution < -0.4 is 4.74 Å². The predicted molar refractivity (Wildman–Crippen MR) is 68.5 cm³/mol. The minimum Gasteiger partial charge on any atom is -0.488 e. The van der Waals surface area contributed by atoms with Gasteiger partial charge < -0.3 is 4.74 Å². The molecule has 0 bridgehead atoms. The molecule has 0 aromatic heterocycles. The van der Waals surface area contributed by atoms with E-state index in [2.05, 4.69) is 0 Å². The molecule has 1 aliphatic carbocycles. The van der Waals surface area contributed by atoms with E-state index in [0.29, 0.717) is 5.78 Å². The van der Waals surface area contributed by atoms with Gasteiger partial charge in [0, 0.05) is 11.5 Å². The number of hydrogen-bond donors (Lipinski definition) is 0. The molecule has 2 heteroatoms. The summed E-state index contributed by atoms with van der Waals surface area (Å²) in [6.07, 6.45) is 3.31. The number of carbonyl (C=O) groups excluding carboxylic acids is 1. The first kappa shape index (κ1) is 12.2. The van der Waals surface area contributed by atoms with Crippen LogP contribution in [0.4, 0.5) is 0 Å². The van der Waals surface area contributed by atoms with Crippen LogP contribution in [-0.4, -0.2) is 11.4 Å². The van der Waals surface area contributed by atoms with Crippen molar-refractivity contribution >= 4 is 5.78 Å². The van der Waals surface area contributed by atoms with Gasteiger partial charge in [0.15, 0.2) is 5.78 Å². The molecular formula is C15H20O2. The van der Waals surface area contributed by atoms with E-state index in [1.54, 1.807) is 0 Å². The van der Waals surface area contributed by atoms with E-state index in [1.165, 1.54) is 6.42 Å². The van der Waals surface area contributed by atoms with Crippen molar-refractivity contribution in [1.82, 2.24) is 0 Å². The molecule has 0 amide bonds. The van der Waals surface area contributed by atoms with Crippen LogP contribution in [0.25, 0.3) is 0 Å². The quantitative estimate of drug-likeness (QED) is 0.740. The highest BCUT2D eigenvalue weighted by molar-refractivity contribution is 5.98. The van der Waals surface area contributed by atoms with Crippen LogP contribution in [0, 0.1) is 5.92 Å². The van der Waals surface area contributed by atoms with Crippen LogP contribution in [0.15, 0.2) is 24.3 Å². The number of ketones is 1. The highest BCUT2D eigenvalue weighted by atomic mass is 16.5. The Hall–Kier alpha value is -1.31. The molecule has 1 aliphatic rings. The molecule has 0 N–H and O–H groups in total. The fourth-order valence-corrected chi connectivity index (χ4v) is 1.95. The fraction of sp³-hybridized carbons (Fsp3) is 0.533. The Kier molecular flexibility index (Phi) is 3.23. The van der Waals surface area contributed by atoms with Crippen molar-refractivity contribution in [2.75, 3.05) is 0 Å². The van der Waals surface area contributed by atoms with Crippen molar-refractivity contribution in [3.05, 3.63) is 29.8 Å². The van der Waals surface area contributed by atoms with Crippen molar-refractivity contribution in [2.45, 2.75) is 45.6 Å². The van der Waals surface area contributed by atoms with Crippen LogP contribution in [-0.2, 0) is 0 Å². The summed E-state index contributed by atoms with van der Waals surface area (Å²) in [5, 5.41) is 0. The maximum Gasteiger partial charge on any atom is 0.165 e. The van der Waals surface area contributed by atoms with E-state index in [4.69, 9.17) is 4.74 Å². The molecular weight excluding hydrogens is 212 g/mol. The van der Waals surface area contributed by atoms with Crippen molar-refractivity contribution in [2.24, 2.45) is 5.92 Å². The molecule has 0 unspecified atom stereocenters. The minimum absolute atomic E-state index is 0.195. The Morgan fingerprint density at radius 3 is 2.18 bits per heavy atom. The summed E-state index contributed by atoms with van der Waals surface area (Å²) in [5.74, 6) is 1.38. The van der Waals surface area contributed by atoms with Gasteiger partial charge in [-0.05, 0) is 57.9 Å². The van der Waals surface area contributed by atoms with Gasteiger partial charge >= 0.3 is 0 Å². The Balaban J connectivity index is 2.04. The van der Waals surface area contributed by atoms with E-state index in [9.17, 15) is 4.79 Å². The largest absolute Gasteiger partial charge is 0.488 e. The van der Waals surface area contributed by atoms with Crippen molar-refractivity contribution in [1.29, 1.82) is 0 Å². The normalized spacial score (nSPS) is 16.4. The number of benzene rings is 1. The lowest BCUT2D eigenvalue weighted by Crippen LogP contribution is -2.23. The maximum atomic E-state index is 12.0. The third-order valence-electron chi connectivity index (χ3n) is 3.04. The molecule has 2 nitrogen and oxygen atoms in total. The van der Waals surface area contributed by atoms with Gasteiger partial charge in [-0.2, -0.15) is 0 Å². The number of rotatable bonds is 3. The number of carbonyl (C=O) groups is 1. The van der Waals surface area contributed by atoms with Gasteiger partial charge in [0.1, 0.15) is 11.4 Å². The SMILES string of the molecule is CC(C)(C)Oc1ccc(C(=O)C2CCC2)cc1. The summed E-state index contributed by atoms with van der Waals surface area (Å²) in [4.78, 5) is 12.0. The van der Waals surface area contributed by atoms with Gasteiger partial charge in [0.25, 0.3) is 0 Å². The lowest BCUT2D eigenvalue weighted by Gasteiger charge is -2.24. The summed E-state index contributed by atoms with van der Waals surface area (Å²) in [7, 11) is 0. The second kappa shape index (κ2) is 4.52. The highest BCUT2D eigenvalue weighted by Gasteiger charge is 2.26. The maximum absolute atomic E-state index is 12.0. The van der Waals surface area contributed by atoms with Crippen LogP contribution in [0.3, 0.4) is 0 Å². The Bertz CT molecular complexity index is 394. The standard InChI is InChI=1S/C15H20O2/c1-15(2,3)17-13-9-7-12(8-10-13)14(16)11-5-4-6-11/h7-11H,4-6H2,1-3H3. The topological polar surface area (TPSA) is 26.3 Å². The van der Waals surface area contributed by atoms with Gasteiger partial charge in [-0.15, -0.1) is 0 Å². The summed E-state index contributed by atoms with van der Waals surface area (Å²) in [5.41, 5.74) is 0.621. The van der Waals surface area contributed by atoms with Crippen molar-refractivity contribution in [3.63, 3.8) is 0 Å². The molecule has 2 rings (SSSR count). The van der Waals surface area contributed by atoms with Gasteiger partial charge in [-0.3, -0.25) is 4.79 Å². The third kappa shape index (κ3) is 3.09. The molecule has 0 aliphatic heterocycles. The Morgan fingerprint density at radius 1 is 1.18 bits per heavy atom. The second-order valence-electron chi connectivity index (χ2n) is 5.73. The van der Waals surface area contributed by atoms with Gasteiger partial charge in [0.2, 0.25) is 0 Å². The summed E-state index contributed by atoms with van der Waals surface area (Å²) < 4.78 is 5.73. The monoisotopic (exact) mass is 232 g/mol.